The van der Waals surface area contributed by atoms with Crippen molar-refractivity contribution in [2.24, 2.45) is 5.92 Å². The molecule has 0 bridgehead atoms. The van der Waals surface area contributed by atoms with E-state index in [2.05, 4.69) is 0 Å². The van der Waals surface area contributed by atoms with E-state index in [9.17, 15) is 18.0 Å². The van der Waals surface area contributed by atoms with E-state index in [1.807, 2.05) is 0 Å². The molecule has 0 aromatic rings. The fraction of sp³-hybridized carbons (Fsp3) is 0.900. The fourth-order valence-electron chi connectivity index (χ4n) is 1.78. The van der Waals surface area contributed by atoms with Crippen molar-refractivity contribution in [1.29, 1.82) is 0 Å². The van der Waals surface area contributed by atoms with E-state index in [4.69, 9.17) is 5.11 Å². The Morgan fingerprint density at radius 1 is 1.44 bits per heavy atom. The number of alkyl halides is 3. The molecule has 1 aliphatic carbocycles. The van der Waals surface area contributed by atoms with E-state index in [1.54, 1.807) is 0 Å². The van der Waals surface area contributed by atoms with Crippen molar-refractivity contribution in [2.45, 2.75) is 38.0 Å². The molecule has 0 saturated heterocycles. The number of aliphatic hydroxyl groups excluding tert-OH is 1. The number of hydrogen-bond acceptors (Lipinski definition) is 2. The molecular weight excluding hydrogens is 223 g/mol. The topological polar surface area (TPSA) is 40.5 Å². The number of carbonyl (C=O) groups excluding carboxylic acids is 1. The molecule has 0 heterocycles. The second-order valence-corrected chi connectivity index (χ2v) is 4.38. The Hall–Kier alpha value is -0.780. The summed E-state index contributed by atoms with van der Waals surface area (Å²) in [6.45, 7) is 0.438. The van der Waals surface area contributed by atoms with Gasteiger partial charge in [0.15, 0.2) is 0 Å². The maximum absolute atomic E-state index is 11.9. The van der Waals surface area contributed by atoms with E-state index in [0.29, 0.717) is 19.4 Å². The van der Waals surface area contributed by atoms with Gasteiger partial charge in [0.2, 0.25) is 5.91 Å². The third-order valence-corrected chi connectivity index (χ3v) is 2.79. The normalized spacial score (nSPS) is 25.1. The van der Waals surface area contributed by atoms with Gasteiger partial charge >= 0.3 is 6.18 Å². The Labute approximate surface area is 92.2 Å². The number of hydrogen-bond donors (Lipinski definition) is 1. The number of nitrogens with zero attached hydrogens (tertiary/aromatic N) is 1. The Morgan fingerprint density at radius 3 is 2.44 bits per heavy atom. The second kappa shape index (κ2) is 5.03. The molecule has 1 saturated carbocycles. The Bertz CT molecular complexity index is 249. The lowest BCUT2D eigenvalue weighted by Crippen LogP contribution is -2.39. The predicted octanol–water partition coefficient (Wildman–Crippen LogP) is 1.56. The van der Waals surface area contributed by atoms with Gasteiger partial charge in [0, 0.05) is 20.0 Å². The third kappa shape index (κ3) is 4.38. The van der Waals surface area contributed by atoms with Crippen LogP contribution in [0.5, 0.6) is 0 Å². The van der Waals surface area contributed by atoms with Crippen LogP contribution >= 0.6 is 0 Å². The van der Waals surface area contributed by atoms with Crippen LogP contribution < -0.4 is 0 Å². The van der Waals surface area contributed by atoms with Gasteiger partial charge in [-0.2, -0.15) is 13.2 Å². The molecule has 0 spiro atoms. The van der Waals surface area contributed by atoms with Crippen LogP contribution in [0, 0.1) is 5.92 Å². The van der Waals surface area contributed by atoms with Gasteiger partial charge in [-0.3, -0.25) is 4.79 Å². The molecule has 3 nitrogen and oxygen atoms in total. The zero-order chi connectivity index (χ0) is 12.3. The van der Waals surface area contributed by atoms with Gasteiger partial charge in [-0.05, 0) is 18.8 Å². The maximum Gasteiger partial charge on any atom is 0.389 e. The summed E-state index contributed by atoms with van der Waals surface area (Å²) in [5, 5.41) is 9.03. The molecule has 1 fully saturated rings. The third-order valence-electron chi connectivity index (χ3n) is 2.79. The standard InChI is InChI=1S/C10H16F3NO2/c1-14(6-7-4-8(15)5-7)9(16)2-3-10(11,12)13/h7-8,15H,2-6H2,1H3. The largest absolute Gasteiger partial charge is 0.393 e. The lowest BCUT2D eigenvalue weighted by atomic mass is 9.82. The molecule has 0 unspecified atom stereocenters. The van der Waals surface area contributed by atoms with E-state index >= 15 is 0 Å². The smallest absolute Gasteiger partial charge is 0.389 e. The summed E-state index contributed by atoms with van der Waals surface area (Å²) in [5.41, 5.74) is 0. The van der Waals surface area contributed by atoms with Gasteiger partial charge in [-0.25, -0.2) is 0 Å². The summed E-state index contributed by atoms with van der Waals surface area (Å²) < 4.78 is 35.6. The van der Waals surface area contributed by atoms with Crippen molar-refractivity contribution in [3.63, 3.8) is 0 Å². The molecule has 0 aromatic heterocycles. The summed E-state index contributed by atoms with van der Waals surface area (Å²) >= 11 is 0. The van der Waals surface area contributed by atoms with Crippen molar-refractivity contribution in [1.82, 2.24) is 4.90 Å². The van der Waals surface area contributed by atoms with Gasteiger partial charge in [0.1, 0.15) is 0 Å². The lowest BCUT2D eigenvalue weighted by molar-refractivity contribution is -0.149. The van der Waals surface area contributed by atoms with Crippen LogP contribution in [-0.2, 0) is 4.79 Å². The zero-order valence-corrected chi connectivity index (χ0v) is 9.13. The highest BCUT2D eigenvalue weighted by Gasteiger charge is 2.31. The highest BCUT2D eigenvalue weighted by Crippen LogP contribution is 2.28. The number of amides is 1. The molecular formula is C10H16F3NO2. The highest BCUT2D eigenvalue weighted by molar-refractivity contribution is 5.75. The maximum atomic E-state index is 11.9. The molecule has 1 aliphatic rings. The van der Waals surface area contributed by atoms with Gasteiger partial charge < -0.3 is 10.0 Å². The molecule has 1 rings (SSSR count). The summed E-state index contributed by atoms with van der Waals surface area (Å²) in [5.74, 6) is -0.256. The Morgan fingerprint density at radius 2 is 2.00 bits per heavy atom. The summed E-state index contributed by atoms with van der Waals surface area (Å²) in [6.07, 6.45) is -4.86. The molecule has 94 valence electrons. The average molecular weight is 239 g/mol. The lowest BCUT2D eigenvalue weighted by Gasteiger charge is -2.34. The van der Waals surface area contributed by atoms with Crippen molar-refractivity contribution >= 4 is 5.91 Å². The summed E-state index contributed by atoms with van der Waals surface area (Å²) in [4.78, 5) is 12.6. The van der Waals surface area contributed by atoms with Gasteiger partial charge in [-0.15, -0.1) is 0 Å². The molecule has 0 radical (unpaired) electrons. The number of halogens is 3. The number of aliphatic hydroxyl groups is 1. The van der Waals surface area contributed by atoms with E-state index in [-0.39, 0.29) is 12.0 Å². The van der Waals surface area contributed by atoms with Crippen molar-refractivity contribution in [3.05, 3.63) is 0 Å². The molecule has 16 heavy (non-hydrogen) atoms. The molecule has 1 amide bonds. The van der Waals surface area contributed by atoms with Gasteiger partial charge in [0.25, 0.3) is 0 Å². The summed E-state index contributed by atoms with van der Waals surface area (Å²) in [7, 11) is 1.50. The molecule has 0 aliphatic heterocycles. The minimum absolute atomic E-state index is 0.231. The first kappa shape index (κ1) is 13.3. The minimum atomic E-state index is -4.27. The monoisotopic (exact) mass is 239 g/mol. The average Bonchev–Trinajstić information content (AvgIpc) is 2.10. The van der Waals surface area contributed by atoms with Crippen LogP contribution in [0.4, 0.5) is 13.2 Å². The first-order chi connectivity index (χ1) is 7.28. The van der Waals surface area contributed by atoms with E-state index in [0.717, 1.165) is 0 Å². The van der Waals surface area contributed by atoms with Crippen molar-refractivity contribution < 1.29 is 23.1 Å². The van der Waals surface area contributed by atoms with Crippen molar-refractivity contribution in [3.8, 4) is 0 Å². The first-order valence-electron chi connectivity index (χ1n) is 5.26. The zero-order valence-electron chi connectivity index (χ0n) is 9.13. The van der Waals surface area contributed by atoms with Crippen LogP contribution in [0.2, 0.25) is 0 Å². The van der Waals surface area contributed by atoms with Gasteiger partial charge in [0.05, 0.1) is 12.5 Å². The van der Waals surface area contributed by atoms with Crippen LogP contribution in [0.1, 0.15) is 25.7 Å². The quantitative estimate of drug-likeness (QED) is 0.808. The fourth-order valence-corrected chi connectivity index (χ4v) is 1.78. The Kier molecular flexibility index (Phi) is 4.18. The molecule has 6 heteroatoms. The molecule has 0 atom stereocenters. The van der Waals surface area contributed by atoms with Crippen LogP contribution in [0.15, 0.2) is 0 Å². The van der Waals surface area contributed by atoms with Crippen LogP contribution in [-0.4, -0.2) is 41.8 Å². The van der Waals surface area contributed by atoms with E-state index in [1.165, 1.54) is 11.9 Å². The first-order valence-corrected chi connectivity index (χ1v) is 5.26. The number of rotatable bonds is 4. The Balaban J connectivity index is 2.20. The second-order valence-electron chi connectivity index (χ2n) is 4.38. The molecule has 1 N–H and O–H groups in total. The summed E-state index contributed by atoms with van der Waals surface area (Å²) in [6, 6.07) is 0. The number of carbonyl (C=O) groups is 1. The van der Waals surface area contributed by atoms with Crippen LogP contribution in [0.25, 0.3) is 0 Å². The molecule has 0 aromatic carbocycles. The predicted molar refractivity (Wildman–Crippen MR) is 51.7 cm³/mol. The minimum Gasteiger partial charge on any atom is -0.393 e. The van der Waals surface area contributed by atoms with E-state index < -0.39 is 24.9 Å². The highest BCUT2D eigenvalue weighted by atomic mass is 19.4. The SMILES string of the molecule is CN(CC1CC(O)C1)C(=O)CCC(F)(F)F. The van der Waals surface area contributed by atoms with Crippen molar-refractivity contribution in [2.75, 3.05) is 13.6 Å². The van der Waals surface area contributed by atoms with Crippen LogP contribution in [0.3, 0.4) is 0 Å². The van der Waals surface area contributed by atoms with Gasteiger partial charge in [-0.1, -0.05) is 0 Å².